The Morgan fingerprint density at radius 2 is 1.85 bits per heavy atom. The minimum absolute atomic E-state index is 0.125. The number of nitrogens with one attached hydrogen (secondary N) is 1. The third kappa shape index (κ3) is 2.50. The Kier molecular flexibility index (Phi) is 3.37. The number of benzene rings is 2. The van der Waals surface area contributed by atoms with Crippen LogP contribution in [-0.4, -0.2) is 4.92 Å². The average molecular weight is 268 g/mol. The van der Waals surface area contributed by atoms with Gasteiger partial charge in [0.05, 0.1) is 11.0 Å². The first-order valence-electron chi connectivity index (χ1n) is 6.83. The van der Waals surface area contributed by atoms with Crippen LogP contribution < -0.4 is 5.32 Å². The summed E-state index contributed by atoms with van der Waals surface area (Å²) in [5, 5.41) is 14.1. The van der Waals surface area contributed by atoms with Crippen molar-refractivity contribution < 1.29 is 4.92 Å². The van der Waals surface area contributed by atoms with E-state index in [4.69, 9.17) is 0 Å². The van der Waals surface area contributed by atoms with Gasteiger partial charge in [-0.05, 0) is 42.5 Å². The molecule has 0 spiro atoms. The summed E-state index contributed by atoms with van der Waals surface area (Å²) in [7, 11) is 0. The van der Waals surface area contributed by atoms with Crippen LogP contribution in [0.3, 0.4) is 0 Å². The second-order valence-corrected chi connectivity index (χ2v) is 5.09. The van der Waals surface area contributed by atoms with Gasteiger partial charge in [0.15, 0.2) is 0 Å². The number of non-ortho nitro benzene ring substituents is 1. The first kappa shape index (κ1) is 12.7. The van der Waals surface area contributed by atoms with Crippen LogP contribution in [0.5, 0.6) is 0 Å². The van der Waals surface area contributed by atoms with Crippen molar-refractivity contribution in [2.75, 3.05) is 5.32 Å². The zero-order valence-corrected chi connectivity index (χ0v) is 11.1. The molecule has 0 aliphatic heterocycles. The summed E-state index contributed by atoms with van der Waals surface area (Å²) >= 11 is 0. The number of hydrogen-bond acceptors (Lipinski definition) is 3. The lowest BCUT2D eigenvalue weighted by atomic mass is 9.87. The molecule has 1 aliphatic rings. The van der Waals surface area contributed by atoms with E-state index in [1.165, 1.54) is 29.7 Å². The Bertz CT molecular complexity index is 623. The molecule has 1 atom stereocenters. The minimum atomic E-state index is -0.375. The molecule has 3 rings (SSSR count). The Labute approximate surface area is 117 Å². The predicted molar refractivity (Wildman–Crippen MR) is 78.8 cm³/mol. The largest absolute Gasteiger partial charge is 0.378 e. The van der Waals surface area contributed by atoms with E-state index in [0.717, 1.165) is 18.5 Å². The van der Waals surface area contributed by atoms with Crippen LogP contribution in [0.1, 0.15) is 30.0 Å². The quantitative estimate of drug-likeness (QED) is 0.674. The molecular formula is C16H16N2O2. The maximum Gasteiger partial charge on any atom is 0.269 e. The number of fused-ring (bicyclic) bond motifs is 1. The van der Waals surface area contributed by atoms with E-state index in [2.05, 4.69) is 29.6 Å². The van der Waals surface area contributed by atoms with Crippen LogP contribution in [0, 0.1) is 10.1 Å². The van der Waals surface area contributed by atoms with Crippen molar-refractivity contribution in [2.45, 2.75) is 25.3 Å². The molecule has 0 amide bonds. The summed E-state index contributed by atoms with van der Waals surface area (Å²) in [4.78, 5) is 10.3. The van der Waals surface area contributed by atoms with Gasteiger partial charge in [-0.3, -0.25) is 10.1 Å². The molecule has 0 radical (unpaired) electrons. The molecule has 102 valence electrons. The maximum absolute atomic E-state index is 10.7. The molecule has 1 aliphatic carbocycles. The van der Waals surface area contributed by atoms with Gasteiger partial charge in [-0.1, -0.05) is 24.3 Å². The van der Waals surface area contributed by atoms with E-state index in [-0.39, 0.29) is 10.6 Å². The number of nitro benzene ring substituents is 1. The number of hydrogen-bond donors (Lipinski definition) is 1. The molecule has 20 heavy (non-hydrogen) atoms. The van der Waals surface area contributed by atoms with Crippen molar-refractivity contribution in [3.8, 4) is 0 Å². The molecule has 0 fully saturated rings. The number of nitrogens with zero attached hydrogens (tertiary/aromatic N) is 1. The molecule has 4 heteroatoms. The Balaban J connectivity index is 1.80. The predicted octanol–water partition coefficient (Wildman–Crippen LogP) is 4.08. The van der Waals surface area contributed by atoms with E-state index in [0.29, 0.717) is 6.04 Å². The Morgan fingerprint density at radius 3 is 2.60 bits per heavy atom. The van der Waals surface area contributed by atoms with Crippen LogP contribution in [0.2, 0.25) is 0 Å². The standard InChI is InChI=1S/C16H16N2O2/c19-18(20)14-10-8-13(9-11-14)17-16-7-3-5-12-4-1-2-6-15(12)16/h1-2,4,6,8-11,16-17H,3,5,7H2/t16-/m0/s1. The summed E-state index contributed by atoms with van der Waals surface area (Å²) < 4.78 is 0. The van der Waals surface area contributed by atoms with E-state index >= 15 is 0 Å². The number of rotatable bonds is 3. The zero-order chi connectivity index (χ0) is 13.9. The highest BCUT2D eigenvalue weighted by molar-refractivity contribution is 5.51. The fourth-order valence-corrected chi connectivity index (χ4v) is 2.78. The van der Waals surface area contributed by atoms with Crippen molar-refractivity contribution in [3.63, 3.8) is 0 Å². The SMILES string of the molecule is O=[N+]([O-])c1ccc(N[C@H]2CCCc3ccccc32)cc1. The molecule has 0 heterocycles. The van der Waals surface area contributed by atoms with Crippen LogP contribution >= 0.6 is 0 Å². The summed E-state index contributed by atoms with van der Waals surface area (Å²) in [5.41, 5.74) is 3.80. The van der Waals surface area contributed by atoms with Gasteiger partial charge in [-0.2, -0.15) is 0 Å². The molecule has 4 nitrogen and oxygen atoms in total. The van der Waals surface area contributed by atoms with Crippen LogP contribution in [0.25, 0.3) is 0 Å². The van der Waals surface area contributed by atoms with E-state index in [1.807, 2.05) is 0 Å². The summed E-state index contributed by atoms with van der Waals surface area (Å²) in [5.74, 6) is 0. The van der Waals surface area contributed by atoms with E-state index < -0.39 is 0 Å². The lowest BCUT2D eigenvalue weighted by Crippen LogP contribution is -2.17. The summed E-state index contributed by atoms with van der Waals surface area (Å²) in [6, 6.07) is 15.4. The third-order valence-corrected chi connectivity index (χ3v) is 3.79. The third-order valence-electron chi connectivity index (χ3n) is 3.79. The van der Waals surface area contributed by atoms with Gasteiger partial charge in [0, 0.05) is 17.8 Å². The molecule has 0 saturated carbocycles. The van der Waals surface area contributed by atoms with Gasteiger partial charge < -0.3 is 5.32 Å². The van der Waals surface area contributed by atoms with Gasteiger partial charge in [0.25, 0.3) is 5.69 Å². The minimum Gasteiger partial charge on any atom is -0.378 e. The average Bonchev–Trinajstić information content (AvgIpc) is 2.48. The fourth-order valence-electron chi connectivity index (χ4n) is 2.78. The number of nitro groups is 1. The highest BCUT2D eigenvalue weighted by Crippen LogP contribution is 2.32. The van der Waals surface area contributed by atoms with Gasteiger partial charge in [-0.15, -0.1) is 0 Å². The van der Waals surface area contributed by atoms with Gasteiger partial charge in [0.1, 0.15) is 0 Å². The second kappa shape index (κ2) is 5.33. The Hall–Kier alpha value is -2.36. The molecule has 1 N–H and O–H groups in total. The van der Waals surface area contributed by atoms with Crippen LogP contribution in [0.4, 0.5) is 11.4 Å². The number of aryl methyl sites for hydroxylation is 1. The van der Waals surface area contributed by atoms with Crippen molar-refractivity contribution >= 4 is 11.4 Å². The van der Waals surface area contributed by atoms with Crippen molar-refractivity contribution in [3.05, 3.63) is 69.8 Å². The zero-order valence-electron chi connectivity index (χ0n) is 11.1. The monoisotopic (exact) mass is 268 g/mol. The summed E-state index contributed by atoms with van der Waals surface area (Å²) in [6.07, 6.45) is 3.39. The topological polar surface area (TPSA) is 55.2 Å². The highest BCUT2D eigenvalue weighted by atomic mass is 16.6. The normalized spacial score (nSPS) is 17.3. The molecule has 0 aromatic heterocycles. The van der Waals surface area contributed by atoms with E-state index in [9.17, 15) is 10.1 Å². The smallest absolute Gasteiger partial charge is 0.269 e. The molecule has 2 aromatic carbocycles. The van der Waals surface area contributed by atoms with E-state index in [1.54, 1.807) is 12.1 Å². The maximum atomic E-state index is 10.7. The molecule has 0 saturated heterocycles. The Morgan fingerprint density at radius 1 is 1.10 bits per heavy atom. The highest BCUT2D eigenvalue weighted by Gasteiger charge is 2.19. The van der Waals surface area contributed by atoms with Crippen molar-refractivity contribution in [1.82, 2.24) is 0 Å². The molecular weight excluding hydrogens is 252 g/mol. The fraction of sp³-hybridized carbons (Fsp3) is 0.250. The molecule has 0 unspecified atom stereocenters. The van der Waals surface area contributed by atoms with Crippen LogP contribution in [0.15, 0.2) is 48.5 Å². The van der Waals surface area contributed by atoms with Gasteiger partial charge in [0.2, 0.25) is 0 Å². The number of anilines is 1. The van der Waals surface area contributed by atoms with Crippen molar-refractivity contribution in [2.24, 2.45) is 0 Å². The van der Waals surface area contributed by atoms with Gasteiger partial charge >= 0.3 is 0 Å². The second-order valence-electron chi connectivity index (χ2n) is 5.09. The van der Waals surface area contributed by atoms with Gasteiger partial charge in [-0.25, -0.2) is 0 Å². The first-order chi connectivity index (χ1) is 9.74. The molecule has 2 aromatic rings. The van der Waals surface area contributed by atoms with Crippen LogP contribution in [-0.2, 0) is 6.42 Å². The molecule has 0 bridgehead atoms. The first-order valence-corrected chi connectivity index (χ1v) is 6.83. The lowest BCUT2D eigenvalue weighted by Gasteiger charge is -2.27. The summed E-state index contributed by atoms with van der Waals surface area (Å²) in [6.45, 7) is 0. The van der Waals surface area contributed by atoms with Crippen molar-refractivity contribution in [1.29, 1.82) is 0 Å². The lowest BCUT2D eigenvalue weighted by molar-refractivity contribution is -0.384.